The molecule has 3 heteroatoms. The van der Waals surface area contributed by atoms with Crippen LogP contribution in [0.1, 0.15) is 23.5 Å². The number of cyclic esters (lactones) is 2. The third-order valence-electron chi connectivity index (χ3n) is 2.35. The number of carbonyl (C=O) groups excluding carboxylic acids is 2. The number of benzene rings is 1. The lowest BCUT2D eigenvalue weighted by Gasteiger charge is -2.04. The molecule has 1 unspecified atom stereocenters. The van der Waals surface area contributed by atoms with Gasteiger partial charge in [0.1, 0.15) is 0 Å². The van der Waals surface area contributed by atoms with Crippen molar-refractivity contribution in [2.24, 2.45) is 0 Å². The highest BCUT2D eigenvalue weighted by Crippen LogP contribution is 2.27. The minimum atomic E-state index is -0.478. The lowest BCUT2D eigenvalue weighted by atomic mass is 9.97. The van der Waals surface area contributed by atoms with Crippen LogP contribution in [-0.4, -0.2) is 11.9 Å². The summed E-state index contributed by atoms with van der Waals surface area (Å²) in [6.45, 7) is 0. The van der Waals surface area contributed by atoms with Crippen LogP contribution in [0.5, 0.6) is 0 Å². The maximum atomic E-state index is 11.3. The summed E-state index contributed by atoms with van der Waals surface area (Å²) in [6.07, 6.45) is 5.33. The summed E-state index contributed by atoms with van der Waals surface area (Å²) in [7, 11) is 0. The van der Waals surface area contributed by atoms with E-state index in [-0.39, 0.29) is 6.42 Å². The van der Waals surface area contributed by atoms with Gasteiger partial charge < -0.3 is 4.74 Å². The predicted molar refractivity (Wildman–Crippen MR) is 52.8 cm³/mol. The molecule has 15 heavy (non-hydrogen) atoms. The average Bonchev–Trinajstić information content (AvgIpc) is 2.58. The monoisotopic (exact) mass is 200 g/mol. The number of rotatable bonds is 1. The van der Waals surface area contributed by atoms with Crippen molar-refractivity contribution in [3.05, 3.63) is 35.4 Å². The molecule has 1 fully saturated rings. The van der Waals surface area contributed by atoms with Gasteiger partial charge in [-0.3, -0.25) is 9.59 Å². The minimum absolute atomic E-state index is 0.119. The molecule has 0 aliphatic carbocycles. The minimum Gasteiger partial charge on any atom is -0.393 e. The quantitative estimate of drug-likeness (QED) is 0.389. The van der Waals surface area contributed by atoms with Gasteiger partial charge in [-0.25, -0.2) is 0 Å². The molecule has 1 aromatic carbocycles. The normalized spacial score (nSPS) is 19.8. The van der Waals surface area contributed by atoms with E-state index in [0.717, 1.165) is 11.1 Å². The lowest BCUT2D eigenvalue weighted by molar-refractivity contribution is -0.152. The molecule has 1 aliphatic rings. The van der Waals surface area contributed by atoms with E-state index in [1.165, 1.54) is 0 Å². The SMILES string of the molecule is C#Cc1ccc(C2CC(=O)OC2=O)cc1. The first kappa shape index (κ1) is 9.47. The Morgan fingerprint density at radius 3 is 2.40 bits per heavy atom. The number of carbonyl (C=O) groups is 2. The molecule has 0 saturated carbocycles. The Morgan fingerprint density at radius 2 is 1.93 bits per heavy atom. The van der Waals surface area contributed by atoms with E-state index in [4.69, 9.17) is 6.42 Å². The van der Waals surface area contributed by atoms with Crippen LogP contribution < -0.4 is 0 Å². The Labute approximate surface area is 87.1 Å². The molecule has 1 atom stereocenters. The van der Waals surface area contributed by atoms with E-state index in [1.807, 2.05) is 0 Å². The molecule has 0 bridgehead atoms. The summed E-state index contributed by atoms with van der Waals surface area (Å²) >= 11 is 0. The van der Waals surface area contributed by atoms with Crippen molar-refractivity contribution in [2.75, 3.05) is 0 Å². The number of ether oxygens (including phenoxy) is 1. The zero-order chi connectivity index (χ0) is 10.8. The Hall–Kier alpha value is -2.08. The Bertz CT molecular complexity index is 451. The summed E-state index contributed by atoms with van der Waals surface area (Å²) in [5.74, 6) is 1.07. The van der Waals surface area contributed by atoms with Gasteiger partial charge in [0.15, 0.2) is 0 Å². The molecular formula is C12H8O3. The molecule has 1 heterocycles. The van der Waals surface area contributed by atoms with Crippen LogP contribution in [0.4, 0.5) is 0 Å². The lowest BCUT2D eigenvalue weighted by Crippen LogP contribution is -2.05. The van der Waals surface area contributed by atoms with Gasteiger partial charge in [-0.2, -0.15) is 0 Å². The zero-order valence-electron chi connectivity index (χ0n) is 7.90. The second-order valence-electron chi connectivity index (χ2n) is 3.32. The van der Waals surface area contributed by atoms with Crippen LogP contribution in [-0.2, 0) is 14.3 Å². The molecule has 1 aromatic rings. The van der Waals surface area contributed by atoms with E-state index in [1.54, 1.807) is 24.3 Å². The second-order valence-corrected chi connectivity index (χ2v) is 3.32. The number of esters is 2. The van der Waals surface area contributed by atoms with E-state index < -0.39 is 17.9 Å². The van der Waals surface area contributed by atoms with Crippen LogP contribution in [0.25, 0.3) is 0 Å². The van der Waals surface area contributed by atoms with Gasteiger partial charge in [0, 0.05) is 5.56 Å². The maximum absolute atomic E-state index is 11.3. The third kappa shape index (κ3) is 1.75. The average molecular weight is 200 g/mol. The van der Waals surface area contributed by atoms with Crippen LogP contribution in [0.2, 0.25) is 0 Å². The highest BCUT2D eigenvalue weighted by molar-refractivity contribution is 5.97. The Morgan fingerprint density at radius 1 is 1.27 bits per heavy atom. The van der Waals surface area contributed by atoms with E-state index in [0.29, 0.717) is 0 Å². The van der Waals surface area contributed by atoms with Crippen molar-refractivity contribution >= 4 is 11.9 Å². The molecule has 0 aromatic heterocycles. The topological polar surface area (TPSA) is 43.4 Å². The highest BCUT2D eigenvalue weighted by Gasteiger charge is 2.34. The first-order chi connectivity index (χ1) is 7.20. The Kier molecular flexibility index (Phi) is 2.26. The van der Waals surface area contributed by atoms with Crippen molar-refractivity contribution in [3.63, 3.8) is 0 Å². The standard InChI is InChI=1S/C12H8O3/c1-2-8-3-5-9(6-4-8)10-7-11(13)15-12(10)14/h1,3-6,10H,7H2. The zero-order valence-corrected chi connectivity index (χ0v) is 7.90. The van der Waals surface area contributed by atoms with Crippen LogP contribution in [0, 0.1) is 12.3 Å². The molecule has 74 valence electrons. The summed E-state index contributed by atoms with van der Waals surface area (Å²) in [5.41, 5.74) is 1.52. The van der Waals surface area contributed by atoms with Gasteiger partial charge in [-0.05, 0) is 17.7 Å². The smallest absolute Gasteiger partial charge is 0.321 e. The third-order valence-corrected chi connectivity index (χ3v) is 2.35. The first-order valence-corrected chi connectivity index (χ1v) is 4.52. The molecule has 1 aliphatic heterocycles. The molecule has 0 radical (unpaired) electrons. The van der Waals surface area contributed by atoms with Crippen molar-refractivity contribution in [3.8, 4) is 12.3 Å². The van der Waals surface area contributed by atoms with Crippen LogP contribution in [0.3, 0.4) is 0 Å². The molecular weight excluding hydrogens is 192 g/mol. The molecule has 3 nitrogen and oxygen atoms in total. The molecule has 0 N–H and O–H groups in total. The predicted octanol–water partition coefficient (Wildman–Crippen LogP) is 1.22. The molecule has 1 saturated heterocycles. The van der Waals surface area contributed by atoms with E-state index >= 15 is 0 Å². The highest BCUT2D eigenvalue weighted by atomic mass is 16.6. The van der Waals surface area contributed by atoms with Crippen molar-refractivity contribution in [2.45, 2.75) is 12.3 Å². The number of hydrogen-bond acceptors (Lipinski definition) is 3. The molecule has 2 rings (SSSR count). The summed E-state index contributed by atoms with van der Waals surface area (Å²) in [6, 6.07) is 6.98. The van der Waals surface area contributed by atoms with E-state index in [9.17, 15) is 9.59 Å². The molecule has 0 spiro atoms. The summed E-state index contributed by atoms with van der Waals surface area (Å²) in [5, 5.41) is 0. The van der Waals surface area contributed by atoms with E-state index in [2.05, 4.69) is 10.7 Å². The van der Waals surface area contributed by atoms with Crippen molar-refractivity contribution in [1.29, 1.82) is 0 Å². The van der Waals surface area contributed by atoms with Gasteiger partial charge in [0.2, 0.25) is 0 Å². The Balaban J connectivity index is 2.27. The summed E-state index contributed by atoms with van der Waals surface area (Å²) in [4.78, 5) is 22.1. The molecule has 0 amide bonds. The van der Waals surface area contributed by atoms with Gasteiger partial charge >= 0.3 is 11.9 Å². The maximum Gasteiger partial charge on any atom is 0.321 e. The van der Waals surface area contributed by atoms with Crippen LogP contribution >= 0.6 is 0 Å². The summed E-state index contributed by atoms with van der Waals surface area (Å²) < 4.78 is 4.47. The van der Waals surface area contributed by atoms with Gasteiger partial charge in [-0.15, -0.1) is 6.42 Å². The van der Waals surface area contributed by atoms with Gasteiger partial charge in [0.25, 0.3) is 0 Å². The fraction of sp³-hybridized carbons (Fsp3) is 0.167. The first-order valence-electron chi connectivity index (χ1n) is 4.52. The second kappa shape index (κ2) is 3.58. The fourth-order valence-corrected chi connectivity index (χ4v) is 1.54. The number of hydrogen-bond donors (Lipinski definition) is 0. The largest absolute Gasteiger partial charge is 0.393 e. The van der Waals surface area contributed by atoms with Crippen molar-refractivity contribution in [1.82, 2.24) is 0 Å². The van der Waals surface area contributed by atoms with Crippen LogP contribution in [0.15, 0.2) is 24.3 Å². The van der Waals surface area contributed by atoms with Gasteiger partial charge in [-0.1, -0.05) is 18.1 Å². The van der Waals surface area contributed by atoms with Gasteiger partial charge in [0.05, 0.1) is 12.3 Å². The fourth-order valence-electron chi connectivity index (χ4n) is 1.54. The number of terminal acetylenes is 1. The van der Waals surface area contributed by atoms with Crippen molar-refractivity contribution < 1.29 is 14.3 Å².